The summed E-state index contributed by atoms with van der Waals surface area (Å²) >= 11 is 18.0. The third-order valence-electron chi connectivity index (χ3n) is 4.80. The van der Waals surface area contributed by atoms with Gasteiger partial charge in [-0.1, -0.05) is 47.6 Å². The van der Waals surface area contributed by atoms with E-state index in [4.69, 9.17) is 34.8 Å². The summed E-state index contributed by atoms with van der Waals surface area (Å²) in [6.07, 6.45) is 5.11. The van der Waals surface area contributed by atoms with Crippen molar-refractivity contribution in [1.82, 2.24) is 9.80 Å². The average molecular weight is 378 g/mol. The van der Waals surface area contributed by atoms with E-state index < -0.39 is 0 Å². The minimum absolute atomic E-state index is 0.00140. The number of phenols is 1. The van der Waals surface area contributed by atoms with Gasteiger partial charge in [0.25, 0.3) is 5.91 Å². The molecule has 0 bridgehead atoms. The van der Waals surface area contributed by atoms with Crippen molar-refractivity contribution in [2.24, 2.45) is 0 Å². The highest BCUT2D eigenvalue weighted by Crippen LogP contribution is 2.39. The SMILES string of the molecule is O=C(c1c(O)c(Cl)cc(Cl)c1Cl)N1CCN(C2CCCC2)CC1. The minimum Gasteiger partial charge on any atom is -0.505 e. The number of phenolic OH excluding ortho intramolecular Hbond substituents is 1. The normalized spacial score (nSPS) is 20.2. The van der Waals surface area contributed by atoms with Crippen molar-refractivity contribution < 1.29 is 9.90 Å². The number of amides is 1. The molecule has 0 unspecified atom stereocenters. The van der Waals surface area contributed by atoms with Gasteiger partial charge < -0.3 is 10.0 Å². The predicted molar refractivity (Wildman–Crippen MR) is 92.9 cm³/mol. The second kappa shape index (κ2) is 7.06. The molecule has 0 atom stereocenters. The van der Waals surface area contributed by atoms with E-state index in [1.54, 1.807) is 4.90 Å². The van der Waals surface area contributed by atoms with E-state index >= 15 is 0 Å². The Kier molecular flexibility index (Phi) is 5.26. The quantitative estimate of drug-likeness (QED) is 0.791. The first kappa shape index (κ1) is 17.2. The number of carbonyl (C=O) groups excluding carboxylic acids is 1. The number of rotatable bonds is 2. The summed E-state index contributed by atoms with van der Waals surface area (Å²) in [7, 11) is 0. The van der Waals surface area contributed by atoms with Crippen LogP contribution in [0.3, 0.4) is 0 Å². The molecule has 7 heteroatoms. The van der Waals surface area contributed by atoms with E-state index in [1.165, 1.54) is 31.7 Å². The molecule has 0 radical (unpaired) electrons. The van der Waals surface area contributed by atoms with Gasteiger partial charge in [-0.2, -0.15) is 0 Å². The van der Waals surface area contributed by atoms with Gasteiger partial charge in [0.1, 0.15) is 11.3 Å². The molecule has 1 aliphatic carbocycles. The summed E-state index contributed by atoms with van der Waals surface area (Å²) in [6.45, 7) is 2.94. The first-order valence-electron chi connectivity index (χ1n) is 7.89. The zero-order valence-corrected chi connectivity index (χ0v) is 15.0. The number of halogens is 3. The number of carbonyl (C=O) groups is 1. The molecule has 0 spiro atoms. The number of hydrogen-bond donors (Lipinski definition) is 1. The lowest BCUT2D eigenvalue weighted by Gasteiger charge is -2.38. The van der Waals surface area contributed by atoms with Crippen molar-refractivity contribution in [3.05, 3.63) is 26.7 Å². The Morgan fingerprint density at radius 3 is 2.26 bits per heavy atom. The maximum atomic E-state index is 12.7. The van der Waals surface area contributed by atoms with E-state index in [9.17, 15) is 9.90 Å². The molecular formula is C16H19Cl3N2O2. The summed E-state index contributed by atoms with van der Waals surface area (Å²) in [5.41, 5.74) is -0.00140. The molecule has 1 heterocycles. The lowest BCUT2D eigenvalue weighted by molar-refractivity contribution is 0.0571. The van der Waals surface area contributed by atoms with E-state index in [0.717, 1.165) is 13.1 Å². The summed E-state index contributed by atoms with van der Waals surface area (Å²) < 4.78 is 0. The topological polar surface area (TPSA) is 43.8 Å². The maximum absolute atomic E-state index is 12.7. The van der Waals surface area contributed by atoms with Crippen LogP contribution >= 0.6 is 34.8 Å². The van der Waals surface area contributed by atoms with Gasteiger partial charge in [0, 0.05) is 32.2 Å². The van der Waals surface area contributed by atoms with Crippen LogP contribution in [0.4, 0.5) is 0 Å². The third kappa shape index (κ3) is 3.41. The highest BCUT2D eigenvalue weighted by atomic mass is 35.5. The molecule has 4 nitrogen and oxygen atoms in total. The Balaban J connectivity index is 1.73. The second-order valence-corrected chi connectivity index (χ2v) is 7.34. The van der Waals surface area contributed by atoms with Gasteiger partial charge in [0.2, 0.25) is 0 Å². The van der Waals surface area contributed by atoms with Crippen molar-refractivity contribution in [2.75, 3.05) is 26.2 Å². The van der Waals surface area contributed by atoms with Crippen LogP contribution in [-0.2, 0) is 0 Å². The average Bonchev–Trinajstić information content (AvgIpc) is 3.08. The third-order valence-corrected chi connectivity index (χ3v) is 5.88. The zero-order chi connectivity index (χ0) is 16.6. The van der Waals surface area contributed by atoms with Crippen molar-refractivity contribution in [3.63, 3.8) is 0 Å². The van der Waals surface area contributed by atoms with Crippen LogP contribution in [-0.4, -0.2) is 53.0 Å². The monoisotopic (exact) mass is 376 g/mol. The lowest BCUT2D eigenvalue weighted by Crippen LogP contribution is -2.51. The number of piperazine rings is 1. The standard InChI is InChI=1S/C16H19Cl3N2O2/c17-11-9-12(18)15(22)13(14(11)19)16(23)21-7-5-20(6-8-21)10-3-1-2-4-10/h9-10,22H,1-8H2. The van der Waals surface area contributed by atoms with Gasteiger partial charge in [-0.3, -0.25) is 9.69 Å². The first-order chi connectivity index (χ1) is 11.0. The van der Waals surface area contributed by atoms with Crippen LogP contribution in [0.15, 0.2) is 6.07 Å². The van der Waals surface area contributed by atoms with E-state index in [1.807, 2.05) is 0 Å². The van der Waals surface area contributed by atoms with Crippen molar-refractivity contribution >= 4 is 40.7 Å². The van der Waals surface area contributed by atoms with Crippen LogP contribution < -0.4 is 0 Å². The first-order valence-corrected chi connectivity index (χ1v) is 9.02. The largest absolute Gasteiger partial charge is 0.505 e. The molecule has 1 saturated carbocycles. The molecule has 23 heavy (non-hydrogen) atoms. The molecule has 1 N–H and O–H groups in total. The molecule has 1 aromatic rings. The molecule has 1 aliphatic heterocycles. The highest BCUT2D eigenvalue weighted by molar-refractivity contribution is 6.45. The van der Waals surface area contributed by atoms with Crippen molar-refractivity contribution in [2.45, 2.75) is 31.7 Å². The zero-order valence-electron chi connectivity index (χ0n) is 12.7. The van der Waals surface area contributed by atoms with Gasteiger partial charge in [-0.05, 0) is 18.9 Å². The molecular weight excluding hydrogens is 359 g/mol. The van der Waals surface area contributed by atoms with E-state index in [2.05, 4.69) is 4.90 Å². The molecule has 1 amide bonds. The number of hydrogen-bond acceptors (Lipinski definition) is 3. The summed E-state index contributed by atoms with van der Waals surface area (Å²) in [5, 5.41) is 10.4. The summed E-state index contributed by atoms with van der Waals surface area (Å²) in [5.74, 6) is -0.618. The van der Waals surface area contributed by atoms with Crippen LogP contribution in [0.5, 0.6) is 5.75 Å². The number of benzene rings is 1. The maximum Gasteiger partial charge on any atom is 0.259 e. The van der Waals surface area contributed by atoms with Gasteiger partial charge >= 0.3 is 0 Å². The van der Waals surface area contributed by atoms with Crippen LogP contribution in [0, 0.1) is 0 Å². The van der Waals surface area contributed by atoms with E-state index in [0.29, 0.717) is 19.1 Å². The highest BCUT2D eigenvalue weighted by Gasteiger charge is 2.31. The molecule has 2 aliphatic rings. The van der Waals surface area contributed by atoms with Gasteiger partial charge in [-0.25, -0.2) is 0 Å². The molecule has 2 fully saturated rings. The smallest absolute Gasteiger partial charge is 0.259 e. The number of aromatic hydroxyl groups is 1. The molecule has 1 saturated heterocycles. The van der Waals surface area contributed by atoms with Crippen LogP contribution in [0.1, 0.15) is 36.0 Å². The van der Waals surface area contributed by atoms with Crippen molar-refractivity contribution in [1.29, 1.82) is 0 Å². The Bertz CT molecular complexity index is 584. The predicted octanol–water partition coefficient (Wildman–Crippen LogP) is 4.05. The van der Waals surface area contributed by atoms with E-state index in [-0.39, 0.29) is 32.3 Å². The lowest BCUT2D eigenvalue weighted by atomic mass is 10.1. The molecule has 1 aromatic carbocycles. The Morgan fingerprint density at radius 1 is 1.04 bits per heavy atom. The number of nitrogens with zero attached hydrogens (tertiary/aromatic N) is 2. The summed E-state index contributed by atoms with van der Waals surface area (Å²) in [4.78, 5) is 16.9. The minimum atomic E-state index is -0.317. The fourth-order valence-electron chi connectivity index (χ4n) is 3.50. The fraction of sp³-hybridized carbons (Fsp3) is 0.562. The van der Waals surface area contributed by atoms with Gasteiger partial charge in [0.15, 0.2) is 0 Å². The van der Waals surface area contributed by atoms with Crippen LogP contribution in [0.25, 0.3) is 0 Å². The molecule has 0 aromatic heterocycles. The Labute approximate surface area is 150 Å². The Hall–Kier alpha value is -0.680. The van der Waals surface area contributed by atoms with Gasteiger partial charge in [0.05, 0.1) is 15.1 Å². The summed E-state index contributed by atoms with van der Waals surface area (Å²) in [6, 6.07) is 2.00. The van der Waals surface area contributed by atoms with Gasteiger partial charge in [-0.15, -0.1) is 0 Å². The second-order valence-electron chi connectivity index (χ2n) is 6.14. The van der Waals surface area contributed by atoms with Crippen LogP contribution in [0.2, 0.25) is 15.1 Å². The Morgan fingerprint density at radius 2 is 1.65 bits per heavy atom. The molecule has 3 rings (SSSR count). The fourth-order valence-corrected chi connectivity index (χ4v) is 4.19. The van der Waals surface area contributed by atoms with Crippen molar-refractivity contribution in [3.8, 4) is 5.75 Å². The molecule has 126 valence electrons.